The van der Waals surface area contributed by atoms with Gasteiger partial charge in [0.05, 0.1) is 30.7 Å². The number of aliphatic hydroxyl groups excluding tert-OH is 1. The first kappa shape index (κ1) is 26.1. The van der Waals surface area contributed by atoms with Gasteiger partial charge in [0.25, 0.3) is 5.91 Å². The number of hydrogen-bond donors (Lipinski definition) is 2. The third-order valence-corrected chi connectivity index (χ3v) is 8.57. The Morgan fingerprint density at radius 1 is 1.05 bits per heavy atom. The Hall–Kier alpha value is -4.77. The number of urea groups is 1. The van der Waals surface area contributed by atoms with Crippen molar-refractivity contribution in [3.05, 3.63) is 83.3 Å². The normalized spacial score (nSPS) is 18.1. The second kappa shape index (κ2) is 9.66. The molecule has 0 aliphatic carbocycles. The van der Waals surface area contributed by atoms with Gasteiger partial charge in [-0.25, -0.2) is 9.18 Å². The Morgan fingerprint density at radius 3 is 2.55 bits per heavy atom. The van der Waals surface area contributed by atoms with Crippen molar-refractivity contribution in [1.29, 1.82) is 0 Å². The number of aryl methyl sites for hydroxylation is 1. The van der Waals surface area contributed by atoms with Crippen molar-refractivity contribution in [2.75, 3.05) is 45.5 Å². The fourth-order valence-corrected chi connectivity index (χ4v) is 6.60. The fraction of sp³-hybridized carbons (Fsp3) is 0.290. The number of carbonyl (C=O) groups is 2. The zero-order chi connectivity index (χ0) is 29.2. The summed E-state index contributed by atoms with van der Waals surface area (Å²) in [4.78, 5) is 30.7. The van der Waals surface area contributed by atoms with Crippen LogP contribution in [0.15, 0.2) is 60.7 Å². The summed E-state index contributed by atoms with van der Waals surface area (Å²) in [5.74, 6) is 1.28. The highest BCUT2D eigenvalue weighted by Crippen LogP contribution is 2.50. The monoisotopic (exact) mass is 572 g/mol. The third kappa shape index (κ3) is 3.95. The predicted octanol–water partition coefficient (Wildman–Crippen LogP) is 4.03. The summed E-state index contributed by atoms with van der Waals surface area (Å²) in [7, 11) is 3.52. The zero-order valence-corrected chi connectivity index (χ0v) is 23.1. The number of nitrogens with zero attached hydrogens (tertiary/aromatic N) is 3. The number of halogens is 1. The standard InChI is InChI=1S/C31H29FN4O6/c1-34-23-12-21(40-2)8-9-22(23)27-28(34)24(13-37)36(30(39)33-20-6-4-19(32)5-7-20)16-31(27)14-35(15-31)29(38)18-3-10-25-26(11-18)42-17-41-25/h3-12,24,37H,13-17H2,1-2H3,(H,33,39)/t24-/m0/s1. The van der Waals surface area contributed by atoms with Crippen LogP contribution in [-0.2, 0) is 12.5 Å². The first-order chi connectivity index (χ1) is 20.3. The van der Waals surface area contributed by atoms with E-state index >= 15 is 0 Å². The summed E-state index contributed by atoms with van der Waals surface area (Å²) in [6.07, 6.45) is 0. The second-order valence-corrected chi connectivity index (χ2v) is 11.0. The van der Waals surface area contributed by atoms with Gasteiger partial charge >= 0.3 is 6.03 Å². The molecule has 216 valence electrons. The van der Waals surface area contributed by atoms with Crippen molar-refractivity contribution in [2.45, 2.75) is 11.5 Å². The minimum Gasteiger partial charge on any atom is -0.497 e. The van der Waals surface area contributed by atoms with Gasteiger partial charge in [-0.2, -0.15) is 0 Å². The summed E-state index contributed by atoms with van der Waals surface area (Å²) >= 11 is 0. The molecule has 3 aliphatic heterocycles. The molecule has 0 bridgehead atoms. The van der Waals surface area contributed by atoms with E-state index in [0.717, 1.165) is 22.2 Å². The number of ether oxygens (including phenoxy) is 3. The Morgan fingerprint density at radius 2 is 1.81 bits per heavy atom. The fourth-order valence-electron chi connectivity index (χ4n) is 6.60. The van der Waals surface area contributed by atoms with E-state index in [9.17, 15) is 19.1 Å². The number of aliphatic hydroxyl groups is 1. The summed E-state index contributed by atoms with van der Waals surface area (Å²) in [6.45, 7) is 0.833. The largest absolute Gasteiger partial charge is 0.497 e. The van der Waals surface area contributed by atoms with Gasteiger partial charge in [-0.3, -0.25) is 4.79 Å². The molecule has 0 saturated carbocycles. The van der Waals surface area contributed by atoms with Crippen LogP contribution in [-0.4, -0.2) is 71.6 Å². The van der Waals surface area contributed by atoms with Crippen LogP contribution >= 0.6 is 0 Å². The van der Waals surface area contributed by atoms with E-state index in [1.165, 1.54) is 24.3 Å². The molecule has 1 spiro atoms. The summed E-state index contributed by atoms with van der Waals surface area (Å²) in [5, 5.41) is 14.5. The van der Waals surface area contributed by atoms with Gasteiger partial charge in [0.2, 0.25) is 6.79 Å². The minimum absolute atomic E-state index is 0.121. The lowest BCUT2D eigenvalue weighted by Gasteiger charge is -2.56. The second-order valence-electron chi connectivity index (χ2n) is 11.0. The third-order valence-electron chi connectivity index (χ3n) is 8.57. The number of methoxy groups -OCH3 is 1. The maximum absolute atomic E-state index is 13.7. The first-order valence-corrected chi connectivity index (χ1v) is 13.6. The van der Waals surface area contributed by atoms with Crippen molar-refractivity contribution in [1.82, 2.24) is 14.4 Å². The number of hydrogen-bond acceptors (Lipinski definition) is 6. The number of nitrogens with one attached hydrogen (secondary N) is 1. The summed E-state index contributed by atoms with van der Waals surface area (Å²) in [6, 6.07) is 15.4. The number of rotatable bonds is 4. The van der Waals surface area contributed by atoms with E-state index in [1.807, 2.05) is 29.8 Å². The van der Waals surface area contributed by atoms with Crippen molar-refractivity contribution >= 4 is 28.5 Å². The molecule has 7 rings (SSSR count). The highest BCUT2D eigenvalue weighted by molar-refractivity contribution is 5.97. The maximum atomic E-state index is 13.7. The van der Waals surface area contributed by atoms with Crippen LogP contribution in [0.1, 0.15) is 27.7 Å². The maximum Gasteiger partial charge on any atom is 0.322 e. The lowest BCUT2D eigenvalue weighted by Crippen LogP contribution is -2.68. The van der Waals surface area contributed by atoms with Gasteiger partial charge < -0.3 is 39.0 Å². The predicted molar refractivity (Wildman–Crippen MR) is 152 cm³/mol. The van der Waals surface area contributed by atoms with Gasteiger partial charge in [-0.05, 0) is 60.2 Å². The molecule has 3 aromatic carbocycles. The van der Waals surface area contributed by atoms with Crippen LogP contribution in [0, 0.1) is 5.82 Å². The van der Waals surface area contributed by atoms with Crippen LogP contribution in [0.5, 0.6) is 17.2 Å². The number of aromatic nitrogens is 1. The van der Waals surface area contributed by atoms with E-state index < -0.39 is 23.3 Å². The van der Waals surface area contributed by atoms with Gasteiger partial charge in [-0.1, -0.05) is 0 Å². The number of fused-ring (bicyclic) bond motifs is 5. The molecule has 1 fully saturated rings. The van der Waals surface area contributed by atoms with Crippen molar-refractivity contribution in [3.63, 3.8) is 0 Å². The van der Waals surface area contributed by atoms with Gasteiger partial charge in [0.15, 0.2) is 11.5 Å². The summed E-state index contributed by atoms with van der Waals surface area (Å²) < 4.78 is 31.8. The molecule has 2 N–H and O–H groups in total. The highest BCUT2D eigenvalue weighted by atomic mass is 19.1. The topological polar surface area (TPSA) is 106 Å². The Kier molecular flexibility index (Phi) is 6.01. The van der Waals surface area contributed by atoms with E-state index in [2.05, 4.69) is 5.32 Å². The van der Waals surface area contributed by atoms with Crippen LogP contribution < -0.4 is 19.5 Å². The average Bonchev–Trinajstić information content (AvgIpc) is 3.58. The van der Waals surface area contributed by atoms with Crippen molar-refractivity contribution in [3.8, 4) is 17.2 Å². The number of anilines is 1. The molecule has 3 amide bonds. The van der Waals surface area contributed by atoms with Crippen molar-refractivity contribution in [2.24, 2.45) is 7.05 Å². The molecular weight excluding hydrogens is 543 g/mol. The molecule has 1 atom stereocenters. The number of benzene rings is 3. The van der Waals surface area contributed by atoms with Crippen LogP contribution in [0.2, 0.25) is 0 Å². The van der Waals surface area contributed by atoms with E-state index in [4.69, 9.17) is 14.2 Å². The smallest absolute Gasteiger partial charge is 0.322 e. The molecule has 10 nitrogen and oxygen atoms in total. The van der Waals surface area contributed by atoms with Crippen LogP contribution in [0.3, 0.4) is 0 Å². The minimum atomic E-state index is -0.645. The van der Waals surface area contributed by atoms with E-state index in [-0.39, 0.29) is 25.9 Å². The number of amides is 3. The number of carbonyl (C=O) groups excluding carboxylic acids is 2. The average molecular weight is 573 g/mol. The Bertz CT molecular complexity index is 1730. The summed E-state index contributed by atoms with van der Waals surface area (Å²) in [5.41, 5.74) is 3.07. The van der Waals surface area contributed by atoms with Gasteiger partial charge in [0.1, 0.15) is 11.6 Å². The lowest BCUT2D eigenvalue weighted by molar-refractivity contribution is 0.0130. The SMILES string of the molecule is COc1ccc2c3c(n(C)c2c1)[C@H](CO)N(C(=O)Nc1ccc(F)cc1)CC31CN(C(=O)c2ccc3c(c2)OCO3)C1. The number of likely N-dealkylation sites (tertiary alicyclic amines) is 1. The zero-order valence-electron chi connectivity index (χ0n) is 23.1. The van der Waals surface area contributed by atoms with Gasteiger partial charge in [0, 0.05) is 55.1 Å². The molecule has 4 heterocycles. The molecule has 4 aromatic rings. The van der Waals surface area contributed by atoms with Crippen LogP contribution in [0.4, 0.5) is 14.9 Å². The molecule has 1 aromatic heterocycles. The molecule has 3 aliphatic rings. The Balaban J connectivity index is 1.27. The van der Waals surface area contributed by atoms with Crippen molar-refractivity contribution < 1.29 is 33.3 Å². The molecular formula is C31H29FN4O6. The molecule has 42 heavy (non-hydrogen) atoms. The van der Waals surface area contributed by atoms with Crippen LogP contribution in [0.25, 0.3) is 10.9 Å². The molecule has 1 saturated heterocycles. The highest BCUT2D eigenvalue weighted by Gasteiger charge is 2.55. The molecule has 0 radical (unpaired) electrons. The van der Waals surface area contributed by atoms with E-state index in [0.29, 0.717) is 41.6 Å². The Labute approximate surface area is 240 Å². The quantitative estimate of drug-likeness (QED) is 0.383. The molecule has 11 heteroatoms. The first-order valence-electron chi connectivity index (χ1n) is 13.6. The lowest BCUT2D eigenvalue weighted by atomic mass is 9.68. The van der Waals surface area contributed by atoms with Gasteiger partial charge in [-0.15, -0.1) is 0 Å². The van der Waals surface area contributed by atoms with E-state index in [1.54, 1.807) is 35.1 Å². The molecule has 0 unspecified atom stereocenters.